The minimum absolute atomic E-state index is 0.0571. The van der Waals surface area contributed by atoms with Crippen LogP contribution in [0.5, 0.6) is 5.75 Å². The lowest BCUT2D eigenvalue weighted by molar-refractivity contribution is -0.115. The number of methoxy groups -OCH3 is 1. The van der Waals surface area contributed by atoms with Crippen LogP contribution in [0, 0.1) is 0 Å². The van der Waals surface area contributed by atoms with Gasteiger partial charge in [-0.05, 0) is 37.4 Å². The minimum Gasteiger partial charge on any atom is -0.494 e. The van der Waals surface area contributed by atoms with Gasteiger partial charge in [-0.1, -0.05) is 11.6 Å². The SMILES string of the molecule is COc1cc(NC(=O)CNCCO)ccc1Nc1ncc(Cl)c(Nc2ccsc2S(=O)(=O)C(C)C)n1. The molecule has 5 N–H and O–H groups in total. The first-order chi connectivity index (χ1) is 17.1. The number of rotatable bonds is 12. The molecule has 3 rings (SSSR count). The first kappa shape index (κ1) is 27.6. The Labute approximate surface area is 218 Å². The second kappa shape index (κ2) is 12.3. The van der Waals surface area contributed by atoms with Gasteiger partial charge in [0.2, 0.25) is 11.9 Å². The highest BCUT2D eigenvalue weighted by Gasteiger charge is 2.25. The number of ether oxygens (including phenoxy) is 1. The zero-order valence-electron chi connectivity index (χ0n) is 19.8. The first-order valence-electron chi connectivity index (χ1n) is 10.8. The Kier molecular flexibility index (Phi) is 9.45. The van der Waals surface area contributed by atoms with E-state index in [-0.39, 0.29) is 40.1 Å². The Balaban J connectivity index is 1.78. The summed E-state index contributed by atoms with van der Waals surface area (Å²) in [5.74, 6) is 0.572. The topological polar surface area (TPSA) is 155 Å². The standard InChI is InChI=1S/C22H27ClN6O5S2/c1-13(2)36(32,33)21-17(6-9-35-21)27-20-15(23)11-25-22(29-20)28-16-5-4-14(10-18(16)34-3)26-19(31)12-24-7-8-30/h4-6,9-11,13,24,30H,7-8,12H2,1-3H3,(H,26,31)(H2,25,27,28,29). The van der Waals surface area contributed by atoms with Crippen molar-refractivity contribution in [3.8, 4) is 5.75 Å². The molecule has 0 radical (unpaired) electrons. The van der Waals surface area contributed by atoms with Crippen LogP contribution in [0.15, 0.2) is 40.1 Å². The molecule has 0 saturated carbocycles. The van der Waals surface area contributed by atoms with E-state index in [1.807, 2.05) is 0 Å². The van der Waals surface area contributed by atoms with E-state index in [1.54, 1.807) is 43.5 Å². The number of sulfone groups is 1. The highest BCUT2D eigenvalue weighted by atomic mass is 35.5. The molecule has 0 unspecified atom stereocenters. The van der Waals surface area contributed by atoms with Gasteiger partial charge in [0.05, 0.1) is 43.1 Å². The van der Waals surface area contributed by atoms with Crippen molar-refractivity contribution in [2.45, 2.75) is 23.3 Å². The number of carbonyl (C=O) groups excluding carboxylic acids is 1. The maximum Gasteiger partial charge on any atom is 0.238 e. The highest BCUT2D eigenvalue weighted by molar-refractivity contribution is 7.94. The van der Waals surface area contributed by atoms with Gasteiger partial charge in [0, 0.05) is 18.3 Å². The van der Waals surface area contributed by atoms with Crippen LogP contribution >= 0.6 is 22.9 Å². The molecule has 3 aromatic rings. The van der Waals surface area contributed by atoms with Crippen molar-refractivity contribution in [2.75, 3.05) is 42.8 Å². The zero-order chi connectivity index (χ0) is 26.3. The largest absolute Gasteiger partial charge is 0.494 e. The zero-order valence-corrected chi connectivity index (χ0v) is 22.2. The summed E-state index contributed by atoms with van der Waals surface area (Å²) < 4.78 is 31.0. The van der Waals surface area contributed by atoms with Gasteiger partial charge in [-0.2, -0.15) is 4.98 Å². The predicted octanol–water partition coefficient (Wildman–Crippen LogP) is 3.39. The number of aliphatic hydroxyl groups excluding tert-OH is 1. The van der Waals surface area contributed by atoms with Crippen LogP contribution in [-0.2, 0) is 14.6 Å². The van der Waals surface area contributed by atoms with Crippen molar-refractivity contribution in [1.82, 2.24) is 15.3 Å². The molecule has 0 aliphatic rings. The molecular formula is C22H27ClN6O5S2. The van der Waals surface area contributed by atoms with Crippen molar-refractivity contribution < 1.29 is 23.1 Å². The molecule has 0 aliphatic carbocycles. The van der Waals surface area contributed by atoms with Gasteiger partial charge in [-0.15, -0.1) is 11.3 Å². The quantitative estimate of drug-likeness (QED) is 0.210. The number of nitrogens with zero attached hydrogens (tertiary/aromatic N) is 2. The molecule has 0 atom stereocenters. The summed E-state index contributed by atoms with van der Waals surface area (Å²) >= 11 is 7.39. The number of thiophene rings is 1. The maximum absolute atomic E-state index is 12.7. The van der Waals surface area contributed by atoms with Crippen LogP contribution in [-0.4, -0.2) is 61.5 Å². The van der Waals surface area contributed by atoms with Gasteiger partial charge in [-0.3, -0.25) is 4.79 Å². The molecular weight excluding hydrogens is 528 g/mol. The Bertz CT molecular complexity index is 1320. The number of hydrogen-bond donors (Lipinski definition) is 5. The molecule has 0 aliphatic heterocycles. The molecule has 2 heterocycles. The number of halogens is 1. The third-order valence-electron chi connectivity index (χ3n) is 4.81. The summed E-state index contributed by atoms with van der Waals surface area (Å²) in [6.07, 6.45) is 1.39. The second-order valence-electron chi connectivity index (χ2n) is 7.72. The van der Waals surface area contributed by atoms with Crippen molar-refractivity contribution in [2.24, 2.45) is 0 Å². The molecule has 2 aromatic heterocycles. The number of amides is 1. The van der Waals surface area contributed by atoms with Crippen LogP contribution in [0.2, 0.25) is 5.02 Å². The highest BCUT2D eigenvalue weighted by Crippen LogP contribution is 2.35. The Morgan fingerprint density at radius 3 is 2.69 bits per heavy atom. The summed E-state index contributed by atoms with van der Waals surface area (Å²) in [5.41, 5.74) is 1.43. The lowest BCUT2D eigenvalue weighted by Gasteiger charge is -2.14. The van der Waals surface area contributed by atoms with Gasteiger partial charge in [-0.25, -0.2) is 13.4 Å². The fourth-order valence-electron chi connectivity index (χ4n) is 2.94. The van der Waals surface area contributed by atoms with E-state index in [2.05, 4.69) is 31.2 Å². The molecule has 0 bridgehead atoms. The van der Waals surface area contributed by atoms with Crippen molar-refractivity contribution >= 4 is 67.5 Å². The first-order valence-corrected chi connectivity index (χ1v) is 13.6. The Morgan fingerprint density at radius 1 is 1.22 bits per heavy atom. The van der Waals surface area contributed by atoms with Crippen molar-refractivity contribution in [3.05, 3.63) is 40.9 Å². The molecule has 1 amide bonds. The molecule has 194 valence electrons. The van der Waals surface area contributed by atoms with Crippen LogP contribution in [0.25, 0.3) is 0 Å². The molecule has 0 saturated heterocycles. The lowest BCUT2D eigenvalue weighted by Crippen LogP contribution is -2.29. The normalized spacial score (nSPS) is 11.4. The third kappa shape index (κ3) is 6.83. The van der Waals surface area contributed by atoms with E-state index in [1.165, 1.54) is 13.3 Å². The summed E-state index contributed by atoms with van der Waals surface area (Å²) in [6.45, 7) is 3.56. The average Bonchev–Trinajstić information content (AvgIpc) is 3.31. The van der Waals surface area contributed by atoms with E-state index in [4.69, 9.17) is 21.4 Å². The number of hydrogen-bond acceptors (Lipinski definition) is 11. The fourth-order valence-corrected chi connectivity index (χ4v) is 5.79. The smallest absolute Gasteiger partial charge is 0.238 e. The van der Waals surface area contributed by atoms with Crippen LogP contribution in [0.4, 0.5) is 28.8 Å². The molecule has 1 aromatic carbocycles. The van der Waals surface area contributed by atoms with Gasteiger partial charge in [0.25, 0.3) is 0 Å². The minimum atomic E-state index is -3.49. The number of anilines is 5. The molecule has 11 nitrogen and oxygen atoms in total. The lowest BCUT2D eigenvalue weighted by atomic mass is 10.2. The van der Waals surface area contributed by atoms with E-state index >= 15 is 0 Å². The number of aliphatic hydroxyl groups is 1. The van der Waals surface area contributed by atoms with Gasteiger partial charge < -0.3 is 31.1 Å². The van der Waals surface area contributed by atoms with Crippen LogP contribution in [0.1, 0.15) is 13.8 Å². The number of carbonyl (C=O) groups is 1. The molecule has 0 fully saturated rings. The van der Waals surface area contributed by atoms with Gasteiger partial charge in [0.1, 0.15) is 15.0 Å². The monoisotopic (exact) mass is 554 g/mol. The van der Waals surface area contributed by atoms with Crippen LogP contribution < -0.4 is 26.0 Å². The van der Waals surface area contributed by atoms with E-state index in [9.17, 15) is 13.2 Å². The molecule has 0 spiro atoms. The summed E-state index contributed by atoms with van der Waals surface area (Å²) in [7, 11) is -2.01. The Morgan fingerprint density at radius 2 is 2.00 bits per heavy atom. The van der Waals surface area contributed by atoms with Crippen molar-refractivity contribution in [3.63, 3.8) is 0 Å². The average molecular weight is 555 g/mol. The summed E-state index contributed by atoms with van der Waals surface area (Å²) in [6, 6.07) is 6.65. The predicted molar refractivity (Wildman–Crippen MR) is 142 cm³/mol. The van der Waals surface area contributed by atoms with E-state index in [0.29, 0.717) is 29.4 Å². The maximum atomic E-state index is 12.7. The summed E-state index contributed by atoms with van der Waals surface area (Å²) in [5, 5.41) is 21.7. The number of nitrogens with one attached hydrogen (secondary N) is 4. The third-order valence-corrected chi connectivity index (χ3v) is 8.76. The Hall–Kier alpha value is -2.97. The van der Waals surface area contributed by atoms with E-state index in [0.717, 1.165) is 11.3 Å². The van der Waals surface area contributed by atoms with Gasteiger partial charge in [0.15, 0.2) is 15.7 Å². The van der Waals surface area contributed by atoms with Crippen molar-refractivity contribution in [1.29, 1.82) is 0 Å². The second-order valence-corrected chi connectivity index (χ2v) is 11.7. The number of benzene rings is 1. The van der Waals surface area contributed by atoms with Gasteiger partial charge >= 0.3 is 0 Å². The molecule has 36 heavy (non-hydrogen) atoms. The summed E-state index contributed by atoms with van der Waals surface area (Å²) in [4.78, 5) is 20.6. The number of aromatic nitrogens is 2. The molecule has 14 heteroatoms. The van der Waals surface area contributed by atoms with Crippen LogP contribution in [0.3, 0.4) is 0 Å². The van der Waals surface area contributed by atoms with E-state index < -0.39 is 15.1 Å². The fraction of sp³-hybridized carbons (Fsp3) is 0.318.